The summed E-state index contributed by atoms with van der Waals surface area (Å²) in [4.78, 5) is 0. The first kappa shape index (κ1) is 10.3. The lowest BCUT2D eigenvalue weighted by molar-refractivity contribution is 0.385. The van der Waals surface area contributed by atoms with E-state index in [4.69, 9.17) is 6.42 Å². The van der Waals surface area contributed by atoms with Gasteiger partial charge in [-0.1, -0.05) is 13.0 Å². The lowest BCUT2D eigenvalue weighted by Crippen LogP contribution is -2.11. The van der Waals surface area contributed by atoms with Crippen molar-refractivity contribution < 1.29 is 0 Å². The maximum atomic E-state index is 5.42. The van der Waals surface area contributed by atoms with Gasteiger partial charge in [0.15, 0.2) is 0 Å². The van der Waals surface area contributed by atoms with Gasteiger partial charge in [0, 0.05) is 5.41 Å². The topological polar surface area (TPSA) is 0 Å². The van der Waals surface area contributed by atoms with Gasteiger partial charge in [0.05, 0.1) is 0 Å². The van der Waals surface area contributed by atoms with Crippen molar-refractivity contribution >= 4 is 0 Å². The van der Waals surface area contributed by atoms with Crippen LogP contribution in [0.25, 0.3) is 0 Å². The summed E-state index contributed by atoms with van der Waals surface area (Å²) in [6.45, 7) is 7.98. The molecule has 0 amide bonds. The van der Waals surface area contributed by atoms with E-state index in [-0.39, 0.29) is 5.41 Å². The molecule has 0 N–H and O–H groups in total. The predicted octanol–water partition coefficient (Wildman–Crippen LogP) is 3.39. The van der Waals surface area contributed by atoms with Crippen molar-refractivity contribution in [1.82, 2.24) is 0 Å². The Kier molecular flexibility index (Phi) is 4.70. The van der Waals surface area contributed by atoms with Crippen LogP contribution in [0.1, 0.15) is 39.5 Å². The van der Waals surface area contributed by atoms with Crippen molar-refractivity contribution in [2.24, 2.45) is 5.41 Å². The van der Waals surface area contributed by atoms with Crippen LogP contribution in [-0.2, 0) is 0 Å². The fourth-order valence-electron chi connectivity index (χ4n) is 0.988. The van der Waals surface area contributed by atoms with E-state index in [1.54, 1.807) is 0 Å². The Morgan fingerprint density at radius 1 is 1.64 bits per heavy atom. The lowest BCUT2D eigenvalue weighted by atomic mass is 9.83. The molecule has 0 aromatic carbocycles. The van der Waals surface area contributed by atoms with Gasteiger partial charge in [0.2, 0.25) is 0 Å². The van der Waals surface area contributed by atoms with Crippen molar-refractivity contribution in [2.75, 3.05) is 0 Å². The van der Waals surface area contributed by atoms with E-state index in [9.17, 15) is 0 Å². The zero-order valence-corrected chi connectivity index (χ0v) is 7.69. The molecule has 0 saturated carbocycles. The summed E-state index contributed by atoms with van der Waals surface area (Å²) >= 11 is 0. The molecule has 1 unspecified atom stereocenters. The molecule has 0 heteroatoms. The van der Waals surface area contributed by atoms with Gasteiger partial charge >= 0.3 is 0 Å². The molecule has 0 radical (unpaired) electrons. The Hall–Kier alpha value is -0.700. The average molecular weight is 150 g/mol. The van der Waals surface area contributed by atoms with Crippen LogP contribution in [0.4, 0.5) is 0 Å². The summed E-state index contributed by atoms with van der Waals surface area (Å²) in [5, 5.41) is 0. The van der Waals surface area contributed by atoms with Crippen molar-refractivity contribution in [3.8, 4) is 12.3 Å². The molecule has 0 fully saturated rings. The minimum atomic E-state index is 0.114. The van der Waals surface area contributed by atoms with Gasteiger partial charge in [-0.05, 0) is 32.6 Å². The largest absolute Gasteiger partial charge is 0.120 e. The van der Waals surface area contributed by atoms with E-state index >= 15 is 0 Å². The molecule has 0 aliphatic rings. The van der Waals surface area contributed by atoms with Gasteiger partial charge in [0.25, 0.3) is 0 Å². The molecule has 0 nitrogen and oxygen atoms in total. The highest BCUT2D eigenvalue weighted by Gasteiger charge is 2.16. The van der Waals surface area contributed by atoms with E-state index in [0.29, 0.717) is 0 Å². The van der Waals surface area contributed by atoms with Crippen molar-refractivity contribution in [2.45, 2.75) is 39.5 Å². The molecule has 62 valence electrons. The molecule has 1 atom stereocenters. The molecule has 0 saturated heterocycles. The van der Waals surface area contributed by atoms with Crippen molar-refractivity contribution in [1.29, 1.82) is 0 Å². The van der Waals surface area contributed by atoms with Crippen LogP contribution >= 0.6 is 0 Å². The van der Waals surface area contributed by atoms with Crippen LogP contribution in [-0.4, -0.2) is 0 Å². The number of unbranched alkanes of at least 4 members (excludes halogenated alkanes) is 1. The molecule has 0 aliphatic heterocycles. The monoisotopic (exact) mass is 150 g/mol. The van der Waals surface area contributed by atoms with E-state index in [0.717, 1.165) is 25.7 Å². The fourth-order valence-corrected chi connectivity index (χ4v) is 0.988. The summed E-state index contributed by atoms with van der Waals surface area (Å²) in [7, 11) is 0. The SMILES string of the molecule is C#CC(C)(CC)CCCC=C. The van der Waals surface area contributed by atoms with Crippen LogP contribution in [0.3, 0.4) is 0 Å². The molecular formula is C11H18. The Balaban J connectivity index is 3.71. The fraction of sp³-hybridized carbons (Fsp3) is 0.636. The van der Waals surface area contributed by atoms with Crippen molar-refractivity contribution in [3.05, 3.63) is 12.7 Å². The molecule has 0 aliphatic carbocycles. The van der Waals surface area contributed by atoms with Gasteiger partial charge in [-0.3, -0.25) is 0 Å². The van der Waals surface area contributed by atoms with Crippen molar-refractivity contribution in [3.63, 3.8) is 0 Å². The molecular weight excluding hydrogens is 132 g/mol. The standard InChI is InChI=1S/C11H18/c1-5-8-9-10-11(4,6-2)7-3/h2,5H,1,7-10H2,3-4H3. The normalized spacial score (nSPS) is 15.0. The molecule has 11 heavy (non-hydrogen) atoms. The smallest absolute Gasteiger partial charge is 0.0281 e. The number of terminal acetylenes is 1. The Morgan fingerprint density at radius 2 is 2.27 bits per heavy atom. The summed E-state index contributed by atoms with van der Waals surface area (Å²) in [6.07, 6.45) is 11.8. The van der Waals surface area contributed by atoms with E-state index in [1.165, 1.54) is 0 Å². The third-order valence-electron chi connectivity index (χ3n) is 2.27. The zero-order valence-electron chi connectivity index (χ0n) is 7.69. The Labute approximate surface area is 70.7 Å². The first-order chi connectivity index (χ1) is 5.18. The van der Waals surface area contributed by atoms with E-state index < -0.39 is 0 Å². The van der Waals surface area contributed by atoms with E-state index in [1.807, 2.05) is 6.08 Å². The molecule has 0 bridgehead atoms. The third kappa shape index (κ3) is 3.88. The Morgan fingerprint density at radius 3 is 2.64 bits per heavy atom. The molecule has 0 aromatic heterocycles. The second-order valence-electron chi connectivity index (χ2n) is 3.24. The zero-order chi connectivity index (χ0) is 8.74. The first-order valence-electron chi connectivity index (χ1n) is 4.27. The summed E-state index contributed by atoms with van der Waals surface area (Å²) in [5.41, 5.74) is 0.114. The number of rotatable bonds is 5. The molecule has 0 spiro atoms. The maximum Gasteiger partial charge on any atom is 0.0281 e. The Bertz CT molecular complexity index is 150. The minimum absolute atomic E-state index is 0.114. The average Bonchev–Trinajstić information content (AvgIpc) is 2.05. The van der Waals surface area contributed by atoms with Gasteiger partial charge in [0.1, 0.15) is 0 Å². The van der Waals surface area contributed by atoms with Gasteiger partial charge in [-0.2, -0.15) is 0 Å². The number of allylic oxidation sites excluding steroid dienone is 1. The van der Waals surface area contributed by atoms with Crippen LogP contribution in [0.2, 0.25) is 0 Å². The maximum absolute atomic E-state index is 5.42. The highest BCUT2D eigenvalue weighted by Crippen LogP contribution is 2.26. The van der Waals surface area contributed by atoms with Crippen LogP contribution in [0.5, 0.6) is 0 Å². The number of hydrogen-bond acceptors (Lipinski definition) is 0. The second-order valence-corrected chi connectivity index (χ2v) is 3.24. The second kappa shape index (κ2) is 5.02. The minimum Gasteiger partial charge on any atom is -0.120 e. The molecule has 0 heterocycles. The predicted molar refractivity (Wildman–Crippen MR) is 51.3 cm³/mol. The molecule has 0 aromatic rings. The van der Waals surface area contributed by atoms with Gasteiger partial charge in [-0.25, -0.2) is 0 Å². The van der Waals surface area contributed by atoms with E-state index in [2.05, 4.69) is 26.3 Å². The third-order valence-corrected chi connectivity index (χ3v) is 2.27. The lowest BCUT2D eigenvalue weighted by Gasteiger charge is -2.20. The quantitative estimate of drug-likeness (QED) is 0.320. The highest BCUT2D eigenvalue weighted by atomic mass is 14.2. The van der Waals surface area contributed by atoms with Crippen LogP contribution in [0.15, 0.2) is 12.7 Å². The highest BCUT2D eigenvalue weighted by molar-refractivity contribution is 5.02. The molecule has 0 rings (SSSR count). The van der Waals surface area contributed by atoms with Gasteiger partial charge in [-0.15, -0.1) is 18.9 Å². The van der Waals surface area contributed by atoms with Crippen LogP contribution < -0.4 is 0 Å². The first-order valence-corrected chi connectivity index (χ1v) is 4.27. The summed E-state index contributed by atoms with van der Waals surface area (Å²) in [5.74, 6) is 2.85. The van der Waals surface area contributed by atoms with Gasteiger partial charge < -0.3 is 0 Å². The number of hydrogen-bond donors (Lipinski definition) is 0. The van der Waals surface area contributed by atoms with Crippen LogP contribution in [0, 0.1) is 17.8 Å². The summed E-state index contributed by atoms with van der Waals surface area (Å²) < 4.78 is 0. The summed E-state index contributed by atoms with van der Waals surface area (Å²) in [6, 6.07) is 0.